The number of piperidine rings is 1. The molecule has 0 radical (unpaired) electrons. The van der Waals surface area contributed by atoms with Crippen molar-refractivity contribution in [1.82, 2.24) is 10.4 Å². The molecule has 144 valence electrons. The summed E-state index contributed by atoms with van der Waals surface area (Å²) in [6, 6.07) is 7.47. The van der Waals surface area contributed by atoms with Crippen LogP contribution in [0, 0.1) is 0 Å². The lowest BCUT2D eigenvalue weighted by Gasteiger charge is -2.38. The molecule has 1 heterocycles. The monoisotopic (exact) mass is 374 g/mol. The van der Waals surface area contributed by atoms with E-state index in [1.807, 2.05) is 30.3 Å². The van der Waals surface area contributed by atoms with E-state index in [-0.39, 0.29) is 26.2 Å². The summed E-state index contributed by atoms with van der Waals surface area (Å²) in [5.74, 6) is -2.88. The maximum absolute atomic E-state index is 12.9. The zero-order valence-electron chi connectivity index (χ0n) is 14.3. The molecule has 2 atom stereocenters. The van der Waals surface area contributed by atoms with Crippen molar-refractivity contribution in [1.29, 1.82) is 0 Å². The molecular weight excluding hydrogens is 353 g/mol. The minimum Gasteiger partial charge on any atom is -0.464 e. The number of halogens is 3. The largest absolute Gasteiger partial charge is 0.471 e. The molecule has 1 aliphatic rings. The van der Waals surface area contributed by atoms with Gasteiger partial charge in [-0.3, -0.25) is 9.63 Å². The molecule has 0 aliphatic carbocycles. The first kappa shape index (κ1) is 20.2. The number of esters is 1. The predicted molar refractivity (Wildman–Crippen MR) is 85.6 cm³/mol. The van der Waals surface area contributed by atoms with Crippen LogP contribution in [0.3, 0.4) is 0 Å². The first-order valence-electron chi connectivity index (χ1n) is 8.28. The van der Waals surface area contributed by atoms with Gasteiger partial charge in [0.2, 0.25) is 0 Å². The van der Waals surface area contributed by atoms with Gasteiger partial charge in [-0.1, -0.05) is 30.3 Å². The molecule has 1 fully saturated rings. The fraction of sp³-hybridized carbons (Fsp3) is 0.529. The summed E-state index contributed by atoms with van der Waals surface area (Å²) in [5.41, 5.74) is 3.58. The number of hydrogen-bond acceptors (Lipinski definition) is 5. The Hall–Kier alpha value is -2.13. The molecule has 1 aromatic rings. The van der Waals surface area contributed by atoms with Crippen LogP contribution in [0.4, 0.5) is 13.2 Å². The van der Waals surface area contributed by atoms with Gasteiger partial charge in [0, 0.05) is 12.6 Å². The second kappa shape index (κ2) is 9.00. The molecule has 0 spiro atoms. The molecule has 1 saturated heterocycles. The Labute approximate surface area is 149 Å². The molecule has 0 saturated carbocycles. The van der Waals surface area contributed by atoms with Crippen molar-refractivity contribution in [2.24, 2.45) is 0 Å². The van der Waals surface area contributed by atoms with Gasteiger partial charge in [0.15, 0.2) is 0 Å². The molecule has 1 aliphatic heterocycles. The Bertz CT molecular complexity index is 610. The van der Waals surface area contributed by atoms with Crippen LogP contribution in [0.5, 0.6) is 0 Å². The lowest BCUT2D eigenvalue weighted by Crippen LogP contribution is -2.58. The van der Waals surface area contributed by atoms with E-state index in [4.69, 9.17) is 9.57 Å². The van der Waals surface area contributed by atoms with Crippen LogP contribution >= 0.6 is 0 Å². The highest BCUT2D eigenvalue weighted by atomic mass is 19.4. The van der Waals surface area contributed by atoms with E-state index in [0.717, 1.165) is 5.56 Å². The average molecular weight is 374 g/mol. The van der Waals surface area contributed by atoms with Crippen molar-refractivity contribution in [3.63, 3.8) is 0 Å². The number of amides is 1. The summed E-state index contributed by atoms with van der Waals surface area (Å²) >= 11 is 0. The van der Waals surface area contributed by atoms with Gasteiger partial charge >= 0.3 is 18.1 Å². The van der Waals surface area contributed by atoms with Gasteiger partial charge in [-0.05, 0) is 25.3 Å². The molecule has 0 bridgehead atoms. The number of nitrogens with zero attached hydrogens (tertiary/aromatic N) is 1. The van der Waals surface area contributed by atoms with E-state index < -0.39 is 30.1 Å². The number of alkyl halides is 3. The molecule has 0 unspecified atom stereocenters. The SMILES string of the molecule is CCOC(=O)[C@@H]1CC[C@@H](NOCc2ccccc2)CN1C(=O)C(F)(F)F. The van der Waals surface area contributed by atoms with Crippen molar-refractivity contribution in [2.45, 2.75) is 44.6 Å². The van der Waals surface area contributed by atoms with Crippen molar-refractivity contribution in [3.8, 4) is 0 Å². The van der Waals surface area contributed by atoms with Crippen molar-refractivity contribution in [3.05, 3.63) is 35.9 Å². The molecule has 6 nitrogen and oxygen atoms in total. The highest BCUT2D eigenvalue weighted by Crippen LogP contribution is 2.26. The van der Waals surface area contributed by atoms with Crippen LogP contribution in [-0.4, -0.2) is 48.2 Å². The predicted octanol–water partition coefficient (Wildman–Crippen LogP) is 2.19. The number of likely N-dealkylation sites (tertiary alicyclic amines) is 1. The molecule has 2 rings (SSSR count). The van der Waals surface area contributed by atoms with Crippen LogP contribution in [0.15, 0.2) is 30.3 Å². The maximum atomic E-state index is 12.9. The molecular formula is C17H21F3N2O4. The van der Waals surface area contributed by atoms with Gasteiger partial charge in [0.05, 0.1) is 13.2 Å². The third-order valence-electron chi connectivity index (χ3n) is 3.98. The van der Waals surface area contributed by atoms with Crippen LogP contribution in [0.1, 0.15) is 25.3 Å². The molecule has 1 amide bonds. The highest BCUT2D eigenvalue weighted by molar-refractivity contribution is 5.88. The molecule has 0 aromatic heterocycles. The van der Waals surface area contributed by atoms with E-state index in [1.165, 1.54) is 0 Å². The van der Waals surface area contributed by atoms with Crippen molar-refractivity contribution >= 4 is 11.9 Å². The maximum Gasteiger partial charge on any atom is 0.471 e. The Balaban J connectivity index is 1.97. The minimum absolute atomic E-state index is 0.0330. The Morgan fingerprint density at radius 3 is 2.54 bits per heavy atom. The number of nitrogens with one attached hydrogen (secondary N) is 1. The lowest BCUT2D eigenvalue weighted by molar-refractivity contribution is -0.193. The van der Waals surface area contributed by atoms with Gasteiger partial charge in [0.25, 0.3) is 0 Å². The number of benzene rings is 1. The van der Waals surface area contributed by atoms with Gasteiger partial charge < -0.3 is 9.64 Å². The fourth-order valence-electron chi connectivity index (χ4n) is 2.75. The number of carbonyl (C=O) groups excluding carboxylic acids is 2. The fourth-order valence-corrected chi connectivity index (χ4v) is 2.75. The Kier molecular flexibility index (Phi) is 6.98. The van der Waals surface area contributed by atoms with E-state index in [0.29, 0.717) is 11.3 Å². The number of carbonyl (C=O) groups is 2. The average Bonchev–Trinajstić information content (AvgIpc) is 2.61. The van der Waals surface area contributed by atoms with Gasteiger partial charge in [-0.25, -0.2) is 4.79 Å². The summed E-state index contributed by atoms with van der Waals surface area (Å²) in [7, 11) is 0. The number of ether oxygens (including phenoxy) is 1. The smallest absolute Gasteiger partial charge is 0.464 e. The van der Waals surface area contributed by atoms with Crippen molar-refractivity contribution < 1.29 is 32.3 Å². The first-order valence-corrected chi connectivity index (χ1v) is 8.28. The zero-order valence-corrected chi connectivity index (χ0v) is 14.3. The second-order valence-corrected chi connectivity index (χ2v) is 5.89. The van der Waals surface area contributed by atoms with Crippen LogP contribution in [-0.2, 0) is 25.8 Å². The summed E-state index contributed by atoms with van der Waals surface area (Å²) < 4.78 is 43.4. The van der Waals surface area contributed by atoms with Gasteiger partial charge in [-0.2, -0.15) is 18.7 Å². The molecule has 1 N–H and O–H groups in total. The lowest BCUT2D eigenvalue weighted by atomic mass is 9.98. The van der Waals surface area contributed by atoms with Gasteiger partial charge in [0.1, 0.15) is 6.04 Å². The molecule has 1 aromatic carbocycles. The molecule has 9 heteroatoms. The van der Waals surface area contributed by atoms with Crippen LogP contribution in [0.2, 0.25) is 0 Å². The van der Waals surface area contributed by atoms with Gasteiger partial charge in [-0.15, -0.1) is 0 Å². The number of rotatable bonds is 6. The van der Waals surface area contributed by atoms with E-state index in [9.17, 15) is 22.8 Å². The van der Waals surface area contributed by atoms with Crippen LogP contribution < -0.4 is 5.48 Å². The minimum atomic E-state index is -5.06. The quantitative estimate of drug-likeness (QED) is 0.611. The first-order chi connectivity index (χ1) is 12.3. The summed E-state index contributed by atoms with van der Waals surface area (Å²) in [6.45, 7) is 1.52. The topological polar surface area (TPSA) is 67.9 Å². The van der Waals surface area contributed by atoms with E-state index in [1.54, 1.807) is 6.92 Å². The summed E-state index contributed by atoms with van der Waals surface area (Å²) in [4.78, 5) is 29.5. The summed E-state index contributed by atoms with van der Waals surface area (Å²) in [6.07, 6.45) is -4.62. The zero-order chi connectivity index (χ0) is 19.2. The number of hydroxylamine groups is 1. The second-order valence-electron chi connectivity index (χ2n) is 5.89. The number of hydrogen-bond donors (Lipinski definition) is 1. The standard InChI is InChI=1S/C17H21F3N2O4/c1-2-25-15(23)14-9-8-13(10-22(14)16(24)17(18,19)20)21-26-11-12-6-4-3-5-7-12/h3-7,13-14,21H,2,8-11H2,1H3/t13-,14+/m1/s1. The third kappa shape index (κ3) is 5.43. The Morgan fingerprint density at radius 2 is 1.92 bits per heavy atom. The highest BCUT2D eigenvalue weighted by Gasteiger charge is 2.48. The Morgan fingerprint density at radius 1 is 1.23 bits per heavy atom. The summed E-state index contributed by atoms with van der Waals surface area (Å²) in [5, 5.41) is 0. The van der Waals surface area contributed by atoms with E-state index >= 15 is 0 Å². The normalized spacial score (nSPS) is 20.7. The third-order valence-corrected chi connectivity index (χ3v) is 3.98. The van der Waals surface area contributed by atoms with E-state index in [2.05, 4.69) is 5.48 Å². The molecule has 26 heavy (non-hydrogen) atoms. The van der Waals surface area contributed by atoms with Crippen molar-refractivity contribution in [2.75, 3.05) is 13.2 Å². The van der Waals surface area contributed by atoms with Crippen LogP contribution in [0.25, 0.3) is 0 Å².